The molecule has 0 aromatic heterocycles. The van der Waals surface area contributed by atoms with Crippen molar-refractivity contribution in [3.8, 4) is 0 Å². The first-order chi connectivity index (χ1) is 15.1. The summed E-state index contributed by atoms with van der Waals surface area (Å²) in [6.45, 7) is 0.850. The summed E-state index contributed by atoms with van der Waals surface area (Å²) in [5.74, 6) is -5.18. The van der Waals surface area contributed by atoms with E-state index in [1.54, 1.807) is 0 Å². The Bertz CT molecular complexity index is 938. The molecule has 3 N–H and O–H groups in total. The fraction of sp³-hybridized carbons (Fsp3) is 0.417. The van der Waals surface area contributed by atoms with E-state index in [1.807, 2.05) is 32.3 Å². The van der Waals surface area contributed by atoms with Crippen molar-refractivity contribution < 1.29 is 33.7 Å². The van der Waals surface area contributed by atoms with Crippen LogP contribution in [0.4, 0.5) is 8.78 Å². The molecule has 2 aromatic carbocycles. The van der Waals surface area contributed by atoms with Gasteiger partial charge >= 0.3 is 11.9 Å². The van der Waals surface area contributed by atoms with E-state index in [1.165, 1.54) is 12.1 Å². The van der Waals surface area contributed by atoms with E-state index in [-0.39, 0.29) is 5.92 Å². The summed E-state index contributed by atoms with van der Waals surface area (Å²) in [6, 6.07) is 11.6. The molecule has 0 radical (unpaired) electrons. The predicted molar refractivity (Wildman–Crippen MR) is 115 cm³/mol. The quantitative estimate of drug-likeness (QED) is 0.475. The number of aliphatic hydroxyl groups is 1. The van der Waals surface area contributed by atoms with Crippen LogP contribution in [0.3, 0.4) is 0 Å². The van der Waals surface area contributed by atoms with Crippen molar-refractivity contribution in [3.63, 3.8) is 0 Å². The Hall–Kier alpha value is -2.84. The zero-order chi connectivity index (χ0) is 23.9. The fourth-order valence-electron chi connectivity index (χ4n) is 4.25. The van der Waals surface area contributed by atoms with E-state index in [0.717, 1.165) is 43.0 Å². The number of halogens is 2. The lowest BCUT2D eigenvalue weighted by molar-refractivity contribution is -0.159. The highest BCUT2D eigenvalue weighted by Crippen LogP contribution is 2.47. The van der Waals surface area contributed by atoms with Gasteiger partial charge in [-0.05, 0) is 75.5 Å². The number of fused-ring (bicyclic) bond motifs is 1. The lowest BCUT2D eigenvalue weighted by Gasteiger charge is -2.37. The second-order valence-corrected chi connectivity index (χ2v) is 8.21. The van der Waals surface area contributed by atoms with Crippen LogP contribution < -0.4 is 0 Å². The highest BCUT2D eigenvalue weighted by atomic mass is 19.1. The molecule has 174 valence electrons. The van der Waals surface area contributed by atoms with Crippen molar-refractivity contribution in [2.75, 3.05) is 20.6 Å². The van der Waals surface area contributed by atoms with Crippen molar-refractivity contribution >= 4 is 11.9 Å². The van der Waals surface area contributed by atoms with E-state index < -0.39 is 29.2 Å². The molecule has 1 aliphatic carbocycles. The normalized spacial score (nSPS) is 20.0. The SMILES string of the molecule is CN(C)CCC[C@]1(O)c2ccccc2CCC[C@@H]1c1ccc(F)cc1F.O=C(O)C(=O)O. The average Bonchev–Trinajstić information content (AvgIpc) is 2.85. The van der Waals surface area contributed by atoms with Crippen molar-refractivity contribution in [1.29, 1.82) is 0 Å². The van der Waals surface area contributed by atoms with Gasteiger partial charge in [-0.2, -0.15) is 0 Å². The van der Waals surface area contributed by atoms with Gasteiger partial charge in [-0.1, -0.05) is 30.3 Å². The number of benzene rings is 2. The second-order valence-electron chi connectivity index (χ2n) is 8.21. The molecule has 0 amide bonds. The summed E-state index contributed by atoms with van der Waals surface area (Å²) in [6.07, 6.45) is 3.76. The summed E-state index contributed by atoms with van der Waals surface area (Å²) >= 11 is 0. The molecule has 0 fully saturated rings. The molecule has 0 bridgehead atoms. The Labute approximate surface area is 186 Å². The maximum atomic E-state index is 14.6. The molecule has 0 spiro atoms. The number of hydrogen-bond acceptors (Lipinski definition) is 4. The molecule has 6 nitrogen and oxygen atoms in total. The third-order valence-corrected chi connectivity index (χ3v) is 5.68. The van der Waals surface area contributed by atoms with Crippen molar-refractivity contribution in [2.24, 2.45) is 0 Å². The second kappa shape index (κ2) is 11.2. The van der Waals surface area contributed by atoms with E-state index >= 15 is 0 Å². The standard InChI is InChI=1S/C22H27F2NO.C2H2O4/c1-25(2)14-6-13-22(26)19-9-4-3-7-16(19)8-5-10-20(22)18-12-11-17(23)15-21(18)24;3-1(4)2(5)6/h3-4,7,9,11-12,15,20,26H,5-6,8,10,13-14H2,1-2H3;(H,3,4)(H,5,6)/t20-,22+;/m1./s1. The summed E-state index contributed by atoms with van der Waals surface area (Å²) in [5.41, 5.74) is 1.28. The van der Waals surface area contributed by atoms with Gasteiger partial charge in [0, 0.05) is 12.0 Å². The number of nitrogens with zero attached hydrogens (tertiary/aromatic N) is 1. The van der Waals surface area contributed by atoms with Crippen LogP contribution in [0.15, 0.2) is 42.5 Å². The van der Waals surface area contributed by atoms with Gasteiger partial charge in [0.2, 0.25) is 0 Å². The van der Waals surface area contributed by atoms with Crippen molar-refractivity contribution in [1.82, 2.24) is 4.90 Å². The largest absolute Gasteiger partial charge is 0.473 e. The summed E-state index contributed by atoms with van der Waals surface area (Å²) in [5, 5.41) is 26.6. The van der Waals surface area contributed by atoms with Crippen LogP contribution in [0, 0.1) is 11.6 Å². The number of aliphatic carboxylic acids is 2. The molecule has 3 rings (SSSR count). The predicted octanol–water partition coefficient (Wildman–Crippen LogP) is 3.77. The monoisotopic (exact) mass is 449 g/mol. The van der Waals surface area contributed by atoms with Gasteiger partial charge in [0.25, 0.3) is 0 Å². The molecular weight excluding hydrogens is 420 g/mol. The molecule has 0 aliphatic heterocycles. The van der Waals surface area contributed by atoms with Gasteiger partial charge in [-0.15, -0.1) is 0 Å². The molecule has 0 heterocycles. The van der Waals surface area contributed by atoms with Crippen LogP contribution >= 0.6 is 0 Å². The lowest BCUT2D eigenvalue weighted by atomic mass is 9.73. The van der Waals surface area contributed by atoms with Gasteiger partial charge in [-0.25, -0.2) is 18.4 Å². The van der Waals surface area contributed by atoms with Crippen LogP contribution in [0.5, 0.6) is 0 Å². The minimum Gasteiger partial charge on any atom is -0.473 e. The van der Waals surface area contributed by atoms with E-state index in [0.29, 0.717) is 18.4 Å². The van der Waals surface area contributed by atoms with Gasteiger partial charge in [-0.3, -0.25) is 0 Å². The number of aryl methyl sites for hydroxylation is 1. The molecule has 8 heteroatoms. The Kier molecular flexibility index (Phi) is 8.86. The van der Waals surface area contributed by atoms with Crippen molar-refractivity contribution in [2.45, 2.75) is 43.6 Å². The van der Waals surface area contributed by atoms with Crippen LogP contribution in [-0.4, -0.2) is 52.8 Å². The molecule has 0 saturated heterocycles. The summed E-state index contributed by atoms with van der Waals surface area (Å²) in [7, 11) is 4.00. The number of carbonyl (C=O) groups is 2. The van der Waals surface area contributed by atoms with E-state index in [9.17, 15) is 13.9 Å². The molecule has 0 saturated carbocycles. The maximum Gasteiger partial charge on any atom is 0.414 e. The molecule has 0 unspecified atom stereocenters. The van der Waals surface area contributed by atoms with Crippen LogP contribution in [0.1, 0.15) is 48.3 Å². The number of rotatable bonds is 5. The van der Waals surface area contributed by atoms with Crippen LogP contribution in [-0.2, 0) is 21.6 Å². The zero-order valence-electron chi connectivity index (χ0n) is 18.2. The highest BCUT2D eigenvalue weighted by molar-refractivity contribution is 6.27. The minimum atomic E-state index is -1.82. The van der Waals surface area contributed by atoms with Gasteiger partial charge < -0.3 is 20.2 Å². The lowest BCUT2D eigenvalue weighted by Crippen LogP contribution is -2.35. The Balaban J connectivity index is 0.000000534. The van der Waals surface area contributed by atoms with Crippen LogP contribution in [0.25, 0.3) is 0 Å². The van der Waals surface area contributed by atoms with Crippen LogP contribution in [0.2, 0.25) is 0 Å². The average molecular weight is 449 g/mol. The van der Waals surface area contributed by atoms with E-state index in [4.69, 9.17) is 19.8 Å². The summed E-state index contributed by atoms with van der Waals surface area (Å²) < 4.78 is 28.0. The topological polar surface area (TPSA) is 98.1 Å². The van der Waals surface area contributed by atoms with Gasteiger partial charge in [0.05, 0.1) is 5.60 Å². The number of hydrogen-bond donors (Lipinski definition) is 3. The maximum absolute atomic E-state index is 14.6. The first-order valence-corrected chi connectivity index (χ1v) is 10.4. The third-order valence-electron chi connectivity index (χ3n) is 5.68. The first kappa shape index (κ1) is 25.4. The minimum absolute atomic E-state index is 0.381. The number of carboxylic acids is 2. The third kappa shape index (κ3) is 6.34. The smallest absolute Gasteiger partial charge is 0.414 e. The summed E-state index contributed by atoms with van der Waals surface area (Å²) in [4.78, 5) is 20.3. The van der Waals surface area contributed by atoms with E-state index in [2.05, 4.69) is 11.0 Å². The molecule has 2 atom stereocenters. The Morgan fingerprint density at radius 1 is 1.09 bits per heavy atom. The molecule has 1 aliphatic rings. The zero-order valence-corrected chi connectivity index (χ0v) is 18.2. The highest BCUT2D eigenvalue weighted by Gasteiger charge is 2.42. The molecule has 2 aromatic rings. The van der Waals surface area contributed by atoms with Gasteiger partial charge in [0.15, 0.2) is 0 Å². The van der Waals surface area contributed by atoms with Crippen molar-refractivity contribution in [3.05, 3.63) is 70.8 Å². The van der Waals surface area contributed by atoms with Gasteiger partial charge in [0.1, 0.15) is 11.6 Å². The molecule has 32 heavy (non-hydrogen) atoms. The Morgan fingerprint density at radius 3 is 2.34 bits per heavy atom. The number of carboxylic acid groups (broad SMARTS) is 2. The Morgan fingerprint density at radius 2 is 1.75 bits per heavy atom. The first-order valence-electron chi connectivity index (χ1n) is 10.4. The molecular formula is C24H29F2NO5. The fourth-order valence-corrected chi connectivity index (χ4v) is 4.25.